The second kappa shape index (κ2) is 7.23. The Kier molecular flexibility index (Phi) is 5.32. The number of aryl methyl sites for hydroxylation is 1. The lowest BCUT2D eigenvalue weighted by molar-refractivity contribution is -0.123. The highest BCUT2D eigenvalue weighted by Crippen LogP contribution is 2.17. The minimum absolute atomic E-state index is 0.201. The molecule has 0 saturated carbocycles. The number of halogens is 2. The van der Waals surface area contributed by atoms with Crippen LogP contribution in [0.15, 0.2) is 18.2 Å². The van der Waals surface area contributed by atoms with Gasteiger partial charge in [0.1, 0.15) is 11.6 Å². The molecule has 0 aliphatic carbocycles. The number of carbonyl (C=O) groups is 2. The highest BCUT2D eigenvalue weighted by Gasteiger charge is 2.23. The molecule has 0 spiro atoms. The monoisotopic (exact) mass is 341 g/mol. The van der Waals surface area contributed by atoms with Gasteiger partial charge in [-0.25, -0.2) is 13.6 Å². The molecule has 1 atom stereocenters. The van der Waals surface area contributed by atoms with Gasteiger partial charge >= 0.3 is 5.97 Å². The summed E-state index contributed by atoms with van der Waals surface area (Å²) in [6, 6.07) is 2.73. The fourth-order valence-electron chi connectivity index (χ4n) is 1.69. The number of hydrogen-bond acceptors (Lipinski definition) is 6. The number of amides is 1. The summed E-state index contributed by atoms with van der Waals surface area (Å²) in [6.45, 7) is 3.15. The average molecular weight is 341 g/mol. The van der Waals surface area contributed by atoms with E-state index in [0.717, 1.165) is 23.7 Å². The van der Waals surface area contributed by atoms with Gasteiger partial charge in [0, 0.05) is 6.07 Å². The molecule has 0 aliphatic rings. The molecule has 0 unspecified atom stereocenters. The number of nitrogens with zero attached hydrogens (tertiary/aromatic N) is 2. The van der Waals surface area contributed by atoms with Gasteiger partial charge in [0.05, 0.1) is 11.4 Å². The Balaban J connectivity index is 2.01. The minimum atomic E-state index is -1.17. The summed E-state index contributed by atoms with van der Waals surface area (Å²) >= 11 is 0.875. The summed E-state index contributed by atoms with van der Waals surface area (Å²) in [7, 11) is 0. The van der Waals surface area contributed by atoms with Crippen LogP contribution in [-0.4, -0.2) is 27.6 Å². The molecule has 1 aromatic carbocycles. The lowest BCUT2D eigenvalue weighted by Crippen LogP contribution is -2.30. The van der Waals surface area contributed by atoms with Crippen molar-refractivity contribution in [2.45, 2.75) is 26.4 Å². The minimum Gasteiger partial charge on any atom is -0.448 e. The van der Waals surface area contributed by atoms with Gasteiger partial charge < -0.3 is 10.1 Å². The summed E-state index contributed by atoms with van der Waals surface area (Å²) < 4.78 is 35.0. The molecule has 2 rings (SSSR count). The third-order valence-electron chi connectivity index (χ3n) is 2.92. The van der Waals surface area contributed by atoms with Crippen LogP contribution in [0.2, 0.25) is 0 Å². The molecule has 2 aromatic rings. The molecule has 1 aromatic heterocycles. The van der Waals surface area contributed by atoms with Crippen molar-refractivity contribution in [2.75, 3.05) is 5.32 Å². The Morgan fingerprint density at radius 3 is 2.78 bits per heavy atom. The summed E-state index contributed by atoms with van der Waals surface area (Å²) in [5, 5.41) is 6.01. The van der Waals surface area contributed by atoms with Crippen LogP contribution in [0.4, 0.5) is 14.5 Å². The highest BCUT2D eigenvalue weighted by molar-refractivity contribution is 7.07. The molecule has 0 fully saturated rings. The quantitative estimate of drug-likeness (QED) is 0.845. The standard InChI is InChI=1S/C14H13F2N3O3S/c1-3-10-12(23-19-18-10)14(21)22-7(2)13(20)17-11-5-4-8(15)6-9(11)16/h4-7H,3H2,1-2H3,(H,17,20)/t7-/m0/s1. The molecule has 0 radical (unpaired) electrons. The van der Waals surface area contributed by atoms with Crippen molar-refractivity contribution in [1.82, 2.24) is 9.59 Å². The molecule has 1 N–H and O–H groups in total. The molecular formula is C14H13F2N3O3S. The lowest BCUT2D eigenvalue weighted by atomic mass is 10.2. The Hall–Kier alpha value is -2.42. The van der Waals surface area contributed by atoms with Gasteiger partial charge in [0.25, 0.3) is 5.91 Å². The maximum absolute atomic E-state index is 13.5. The number of benzene rings is 1. The molecule has 0 saturated heterocycles. The van der Waals surface area contributed by atoms with E-state index in [-0.39, 0.29) is 10.6 Å². The number of hydrogen-bond donors (Lipinski definition) is 1. The molecule has 23 heavy (non-hydrogen) atoms. The number of ether oxygens (including phenoxy) is 1. The zero-order valence-electron chi connectivity index (χ0n) is 12.3. The van der Waals surface area contributed by atoms with Crippen LogP contribution in [0.1, 0.15) is 29.2 Å². The van der Waals surface area contributed by atoms with E-state index in [1.165, 1.54) is 6.92 Å². The van der Waals surface area contributed by atoms with Crippen LogP contribution < -0.4 is 5.32 Å². The fraction of sp³-hybridized carbons (Fsp3) is 0.286. The topological polar surface area (TPSA) is 81.2 Å². The molecule has 9 heteroatoms. The molecular weight excluding hydrogens is 328 g/mol. The maximum Gasteiger partial charge on any atom is 0.352 e. The maximum atomic E-state index is 13.5. The van der Waals surface area contributed by atoms with Gasteiger partial charge in [0.2, 0.25) is 0 Å². The number of rotatable bonds is 5. The predicted octanol–water partition coefficient (Wildman–Crippen LogP) is 2.56. The third kappa shape index (κ3) is 4.07. The summed E-state index contributed by atoms with van der Waals surface area (Å²) in [4.78, 5) is 24.1. The smallest absolute Gasteiger partial charge is 0.352 e. The predicted molar refractivity (Wildman–Crippen MR) is 79.2 cm³/mol. The number of nitrogens with one attached hydrogen (secondary N) is 1. The van der Waals surface area contributed by atoms with Crippen molar-refractivity contribution >= 4 is 29.1 Å². The van der Waals surface area contributed by atoms with Gasteiger partial charge in [-0.15, -0.1) is 5.10 Å². The second-order valence-electron chi connectivity index (χ2n) is 4.56. The molecule has 0 bridgehead atoms. The van der Waals surface area contributed by atoms with E-state index < -0.39 is 29.6 Å². The molecule has 1 heterocycles. The Bertz CT molecular complexity index is 736. The molecule has 122 valence electrons. The first-order valence-electron chi connectivity index (χ1n) is 6.70. The zero-order valence-corrected chi connectivity index (χ0v) is 13.1. The van der Waals surface area contributed by atoms with E-state index in [9.17, 15) is 18.4 Å². The van der Waals surface area contributed by atoms with Crippen LogP contribution in [0.25, 0.3) is 0 Å². The van der Waals surface area contributed by atoms with Crippen LogP contribution >= 0.6 is 11.5 Å². The van der Waals surface area contributed by atoms with Crippen LogP contribution in [0, 0.1) is 11.6 Å². The van der Waals surface area contributed by atoms with Gasteiger partial charge in [-0.05, 0) is 37.0 Å². The third-order valence-corrected chi connectivity index (χ3v) is 3.67. The largest absolute Gasteiger partial charge is 0.448 e. The zero-order chi connectivity index (χ0) is 17.0. The van der Waals surface area contributed by atoms with Gasteiger partial charge in [-0.1, -0.05) is 11.4 Å². The summed E-state index contributed by atoms with van der Waals surface area (Å²) in [6.07, 6.45) is -0.666. The summed E-state index contributed by atoms with van der Waals surface area (Å²) in [5.74, 6) is -3.14. The van der Waals surface area contributed by atoms with E-state index in [1.807, 2.05) is 0 Å². The Morgan fingerprint density at radius 2 is 2.13 bits per heavy atom. The van der Waals surface area contributed by atoms with Crippen molar-refractivity contribution in [3.05, 3.63) is 40.4 Å². The normalized spacial score (nSPS) is 11.8. The molecule has 1 amide bonds. The first kappa shape index (κ1) is 16.9. The van der Waals surface area contributed by atoms with E-state index in [4.69, 9.17) is 4.74 Å². The van der Waals surface area contributed by atoms with Crippen LogP contribution in [0.3, 0.4) is 0 Å². The number of anilines is 1. The van der Waals surface area contributed by atoms with Crippen molar-refractivity contribution in [3.63, 3.8) is 0 Å². The molecule has 6 nitrogen and oxygen atoms in total. The lowest BCUT2D eigenvalue weighted by Gasteiger charge is -2.13. The SMILES string of the molecule is CCc1nnsc1C(=O)O[C@@H](C)C(=O)Nc1ccc(F)cc1F. The Morgan fingerprint density at radius 1 is 1.39 bits per heavy atom. The van der Waals surface area contributed by atoms with Gasteiger partial charge in [-0.2, -0.15) is 0 Å². The highest BCUT2D eigenvalue weighted by atomic mass is 32.1. The number of aromatic nitrogens is 2. The van der Waals surface area contributed by atoms with Crippen molar-refractivity contribution in [3.8, 4) is 0 Å². The van der Waals surface area contributed by atoms with Gasteiger partial charge in [0.15, 0.2) is 11.0 Å². The van der Waals surface area contributed by atoms with Crippen molar-refractivity contribution in [1.29, 1.82) is 0 Å². The van der Waals surface area contributed by atoms with Crippen LogP contribution in [0.5, 0.6) is 0 Å². The number of carbonyl (C=O) groups excluding carboxylic acids is 2. The van der Waals surface area contributed by atoms with Gasteiger partial charge in [-0.3, -0.25) is 4.79 Å². The van der Waals surface area contributed by atoms with Crippen LogP contribution in [-0.2, 0) is 16.0 Å². The first-order valence-corrected chi connectivity index (χ1v) is 7.47. The van der Waals surface area contributed by atoms with Crippen molar-refractivity contribution in [2.24, 2.45) is 0 Å². The van der Waals surface area contributed by atoms with E-state index >= 15 is 0 Å². The first-order chi connectivity index (χ1) is 10.9. The average Bonchev–Trinajstić information content (AvgIpc) is 2.98. The molecule has 0 aliphatic heterocycles. The van der Waals surface area contributed by atoms with E-state index in [0.29, 0.717) is 18.2 Å². The fourth-order valence-corrected chi connectivity index (χ4v) is 2.32. The Labute approximate surface area is 134 Å². The second-order valence-corrected chi connectivity index (χ2v) is 5.32. The summed E-state index contributed by atoms with van der Waals surface area (Å²) in [5.41, 5.74) is 0.283. The van der Waals surface area contributed by atoms with E-state index in [2.05, 4.69) is 14.9 Å². The number of esters is 1. The van der Waals surface area contributed by atoms with E-state index in [1.54, 1.807) is 6.92 Å². The van der Waals surface area contributed by atoms with Crippen molar-refractivity contribution < 1.29 is 23.1 Å².